The number of rotatable bonds is 62. The van der Waals surface area contributed by atoms with Crippen molar-refractivity contribution in [1.82, 2.24) is 0 Å². The van der Waals surface area contributed by atoms with Crippen molar-refractivity contribution in [1.29, 1.82) is 0 Å². The fourth-order valence-corrected chi connectivity index (χ4v) is 11.6. The van der Waals surface area contributed by atoms with Crippen molar-refractivity contribution in [3.63, 3.8) is 0 Å². The Hall–Kier alpha value is -2.58. The predicted octanol–water partition coefficient (Wildman–Crippen LogP) is 25.7. The maximum atomic E-state index is 6.50. The van der Waals surface area contributed by atoms with E-state index in [9.17, 15) is 0 Å². The molecule has 8 heteroatoms. The van der Waals surface area contributed by atoms with Crippen LogP contribution in [0.1, 0.15) is 362 Å². The van der Waals surface area contributed by atoms with Gasteiger partial charge in [0.25, 0.3) is 0 Å². The molecule has 0 saturated carbocycles. The molecule has 474 valence electrons. The molecule has 0 aliphatic heterocycles. The number of hydrogen-bond acceptors (Lipinski definition) is 6. The third-order valence-electron chi connectivity index (χ3n) is 16.6. The highest BCUT2D eigenvalue weighted by Crippen LogP contribution is 2.33. The van der Waals surface area contributed by atoms with Gasteiger partial charge in [0.05, 0.1) is 26.4 Å². The van der Waals surface area contributed by atoms with Crippen LogP contribution in [0.4, 0.5) is 11.4 Å². The number of hydrogen-bond donors (Lipinski definition) is 2. The van der Waals surface area contributed by atoms with E-state index in [1.165, 1.54) is 308 Å². The Bertz CT molecular complexity index is 1600. The smallest absolute Gasteiger partial charge is 0.163 e. The average molecular weight is 1180 g/mol. The molecule has 2 aromatic rings. The minimum Gasteiger partial charge on any atom is -0.490 e. The van der Waals surface area contributed by atoms with Crippen LogP contribution >= 0.6 is 24.4 Å². The Morgan fingerprint density at radius 2 is 0.415 bits per heavy atom. The first-order valence-corrected chi connectivity index (χ1v) is 36.8. The molecule has 0 aliphatic carbocycles. The van der Waals surface area contributed by atoms with Gasteiger partial charge in [0.1, 0.15) is 9.98 Å². The van der Waals surface area contributed by atoms with Crippen LogP contribution in [0.15, 0.2) is 36.4 Å². The minimum absolute atomic E-state index is 0.454. The van der Waals surface area contributed by atoms with Crippen molar-refractivity contribution < 1.29 is 18.9 Å². The Morgan fingerprint density at radius 1 is 0.244 bits per heavy atom. The molecule has 2 aromatic carbocycles. The topological polar surface area (TPSA) is 61.0 Å². The summed E-state index contributed by atoms with van der Waals surface area (Å²) in [6.07, 6.45) is 69.3. The molecule has 0 unspecified atom stereocenters. The van der Waals surface area contributed by atoms with Crippen molar-refractivity contribution >= 4 is 45.8 Å². The Kier molecular flexibility index (Phi) is 54.1. The number of nitrogens with one attached hydrogen (secondary N) is 2. The molecule has 0 aromatic heterocycles. The number of thiocarbonyl (C=S) groups is 2. The molecule has 2 rings (SSSR count). The molecule has 2 N–H and O–H groups in total. The van der Waals surface area contributed by atoms with Gasteiger partial charge in [-0.1, -0.05) is 360 Å². The SMILES string of the molecule is CCCCCCCCCCCCCCCOc1ccc(NC(=S)C(=S)Nc2ccc(OCCCCCCCCCCCCCCC)c(OCCCCCCCCCCCCCCC)c2)cc1OCCCCCCCCCCCCCCC. The maximum Gasteiger partial charge on any atom is 0.163 e. The summed E-state index contributed by atoms with van der Waals surface area (Å²) in [5, 5.41) is 6.83. The first kappa shape index (κ1) is 75.5. The number of anilines is 2. The van der Waals surface area contributed by atoms with Gasteiger partial charge in [-0.15, -0.1) is 0 Å². The second-order valence-corrected chi connectivity index (χ2v) is 25.4. The highest BCUT2D eigenvalue weighted by Gasteiger charge is 2.14. The quantitative estimate of drug-likeness (QED) is 0.0502. The number of ether oxygens (including phenoxy) is 4. The van der Waals surface area contributed by atoms with Crippen molar-refractivity contribution in [2.75, 3.05) is 37.1 Å². The standard InChI is InChI=1S/C74H132N2O4S2/c1-5-9-13-17-21-25-29-33-37-41-45-49-53-61-77-69-59-57-67(65-71(69)79-63-55-51-47-43-39-35-31-27-23-19-15-11-7-3)75-73(81)74(82)76-68-58-60-70(78-62-54-50-46-42-38-34-30-26-22-18-14-10-6-2)72(66-68)80-64-56-52-48-44-40-36-32-28-24-20-16-12-8-4/h57-60,65-66H,5-56,61-64H2,1-4H3,(H,75,81)(H,76,82). The number of unbranched alkanes of at least 4 members (excludes halogenated alkanes) is 48. The van der Waals surface area contributed by atoms with E-state index in [1.54, 1.807) is 0 Å². The number of benzene rings is 2. The van der Waals surface area contributed by atoms with Crippen LogP contribution in [-0.2, 0) is 0 Å². The van der Waals surface area contributed by atoms with Gasteiger partial charge in [-0.3, -0.25) is 0 Å². The van der Waals surface area contributed by atoms with Gasteiger partial charge in [0, 0.05) is 23.5 Å². The summed E-state index contributed by atoms with van der Waals surface area (Å²) in [6.45, 7) is 11.9. The zero-order valence-corrected chi connectivity index (χ0v) is 56.1. The van der Waals surface area contributed by atoms with E-state index in [1.807, 2.05) is 36.4 Å². The predicted molar refractivity (Wildman–Crippen MR) is 370 cm³/mol. The minimum atomic E-state index is 0.454. The molecule has 0 fully saturated rings. The molecule has 0 bridgehead atoms. The summed E-state index contributed by atoms with van der Waals surface area (Å²) in [6, 6.07) is 12.2. The summed E-state index contributed by atoms with van der Waals surface area (Å²) < 4.78 is 25.8. The van der Waals surface area contributed by atoms with Crippen LogP contribution in [-0.4, -0.2) is 36.4 Å². The highest BCUT2D eigenvalue weighted by molar-refractivity contribution is 7.89. The fraction of sp³-hybridized carbons (Fsp3) is 0.811. The fourth-order valence-electron chi connectivity index (χ4n) is 11.2. The normalized spacial score (nSPS) is 11.3. The molecule has 0 aliphatic rings. The second-order valence-electron chi connectivity index (χ2n) is 24.6. The van der Waals surface area contributed by atoms with E-state index in [4.69, 9.17) is 43.4 Å². The van der Waals surface area contributed by atoms with Crippen LogP contribution in [0.25, 0.3) is 0 Å². The van der Waals surface area contributed by atoms with E-state index in [-0.39, 0.29) is 0 Å². The summed E-state index contributed by atoms with van der Waals surface area (Å²) >= 11 is 11.9. The lowest BCUT2D eigenvalue weighted by molar-refractivity contribution is 0.258. The summed E-state index contributed by atoms with van der Waals surface area (Å²) in [7, 11) is 0. The molecular formula is C74H132N2O4S2. The monoisotopic (exact) mass is 1180 g/mol. The lowest BCUT2D eigenvalue weighted by Crippen LogP contribution is -2.25. The molecule has 0 heterocycles. The second kappa shape index (κ2) is 58.8. The van der Waals surface area contributed by atoms with Gasteiger partial charge in [-0.25, -0.2) is 0 Å². The molecule has 0 radical (unpaired) electrons. The van der Waals surface area contributed by atoms with Crippen molar-refractivity contribution in [3.05, 3.63) is 36.4 Å². The van der Waals surface area contributed by atoms with Gasteiger partial charge in [0.15, 0.2) is 23.0 Å². The molecule has 6 nitrogen and oxygen atoms in total. The molecule has 0 amide bonds. The first-order chi connectivity index (χ1) is 40.5. The van der Waals surface area contributed by atoms with Crippen LogP contribution in [0.3, 0.4) is 0 Å². The van der Waals surface area contributed by atoms with Crippen molar-refractivity contribution in [3.8, 4) is 23.0 Å². The van der Waals surface area contributed by atoms with Crippen LogP contribution < -0.4 is 29.6 Å². The molecule has 0 saturated heterocycles. The lowest BCUT2D eigenvalue weighted by Gasteiger charge is -2.17. The largest absolute Gasteiger partial charge is 0.490 e. The van der Waals surface area contributed by atoms with E-state index in [0.29, 0.717) is 36.4 Å². The van der Waals surface area contributed by atoms with Crippen LogP contribution in [0.5, 0.6) is 23.0 Å². The van der Waals surface area contributed by atoms with E-state index in [0.717, 1.165) is 60.1 Å². The Balaban J connectivity index is 1.95. The third kappa shape index (κ3) is 45.7. The molecule has 82 heavy (non-hydrogen) atoms. The third-order valence-corrected chi connectivity index (χ3v) is 17.4. The van der Waals surface area contributed by atoms with E-state index >= 15 is 0 Å². The van der Waals surface area contributed by atoms with Crippen LogP contribution in [0.2, 0.25) is 0 Å². The van der Waals surface area contributed by atoms with E-state index in [2.05, 4.69) is 38.3 Å². The van der Waals surface area contributed by atoms with Crippen molar-refractivity contribution in [2.24, 2.45) is 0 Å². The average Bonchev–Trinajstić information content (AvgIpc) is 3.50. The van der Waals surface area contributed by atoms with Gasteiger partial charge in [0.2, 0.25) is 0 Å². The zero-order chi connectivity index (χ0) is 58.7. The summed E-state index contributed by atoms with van der Waals surface area (Å²) in [4.78, 5) is 0.908. The van der Waals surface area contributed by atoms with E-state index < -0.39 is 0 Å². The summed E-state index contributed by atoms with van der Waals surface area (Å²) in [5.74, 6) is 3.13. The lowest BCUT2D eigenvalue weighted by atomic mass is 10.0. The first-order valence-electron chi connectivity index (χ1n) is 35.9. The Labute approximate surface area is 519 Å². The van der Waals surface area contributed by atoms with Crippen molar-refractivity contribution in [2.45, 2.75) is 362 Å². The zero-order valence-electron chi connectivity index (χ0n) is 54.5. The molecular weight excluding hydrogens is 1040 g/mol. The van der Waals surface area contributed by atoms with Crippen LogP contribution in [0, 0.1) is 0 Å². The van der Waals surface area contributed by atoms with Gasteiger partial charge in [-0.2, -0.15) is 0 Å². The Morgan fingerprint density at radius 3 is 0.610 bits per heavy atom. The summed E-state index contributed by atoms with van der Waals surface area (Å²) in [5.41, 5.74) is 1.67. The molecule has 0 atom stereocenters. The van der Waals surface area contributed by atoms with Gasteiger partial charge in [-0.05, 0) is 49.9 Å². The van der Waals surface area contributed by atoms with Gasteiger partial charge >= 0.3 is 0 Å². The highest BCUT2D eigenvalue weighted by atomic mass is 32.1. The molecule has 0 spiro atoms. The maximum absolute atomic E-state index is 6.50. The van der Waals surface area contributed by atoms with Gasteiger partial charge < -0.3 is 29.6 Å².